The summed E-state index contributed by atoms with van der Waals surface area (Å²) >= 11 is 0. The van der Waals surface area contributed by atoms with E-state index in [9.17, 15) is 4.79 Å². The van der Waals surface area contributed by atoms with E-state index in [1.165, 1.54) is 0 Å². The second-order valence-electron chi connectivity index (χ2n) is 1.79. The van der Waals surface area contributed by atoms with Gasteiger partial charge in [-0.15, -0.1) is 17.7 Å². The zero-order valence-electron chi connectivity index (χ0n) is 6.73. The fourth-order valence-corrected chi connectivity index (χ4v) is 0.624. The first-order valence-electron chi connectivity index (χ1n) is 2.72. The summed E-state index contributed by atoms with van der Waals surface area (Å²) in [5.74, 6) is -0.129. The van der Waals surface area contributed by atoms with E-state index < -0.39 is 0 Å². The molecule has 0 aliphatic carbocycles. The normalized spacial score (nSPS) is 6.67. The zero-order chi connectivity index (χ0) is 6.69. The fourth-order valence-electron chi connectivity index (χ4n) is 0.624. The average molecular weight is 386 g/mol. The van der Waals surface area contributed by atoms with Crippen LogP contribution in [0.1, 0.15) is 10.4 Å². The Morgan fingerprint density at radius 2 is 1.42 bits per heavy atom. The Kier molecular flexibility index (Phi) is 18.2. The van der Waals surface area contributed by atoms with Gasteiger partial charge >= 0.3 is 0 Å². The van der Waals surface area contributed by atoms with Crippen molar-refractivity contribution in [2.45, 2.75) is 0 Å². The largest absolute Gasteiger partial charge is 0.332 e. The van der Waals surface area contributed by atoms with Crippen molar-refractivity contribution in [1.82, 2.24) is 0 Å². The van der Waals surface area contributed by atoms with Gasteiger partial charge in [-0.25, -0.2) is 0 Å². The van der Waals surface area contributed by atoms with Gasteiger partial charge in [-0.05, 0) is 0 Å². The summed E-state index contributed by atoms with van der Waals surface area (Å²) in [6.07, 6.45) is 0. The van der Waals surface area contributed by atoms with Crippen LogP contribution in [0.3, 0.4) is 0 Å². The number of Topliss-reactive ketones (excluding diaryl/α,β-unsaturated/α-hetero) is 1. The molecule has 3 radical (unpaired) electrons. The third-order valence-electron chi connectivity index (χ3n) is 1.10. The molecule has 1 rings (SSSR count). The van der Waals surface area contributed by atoms with Gasteiger partial charge in [0, 0.05) is 104 Å². The van der Waals surface area contributed by atoms with Crippen LogP contribution in [0, 0.1) is 6.92 Å². The first-order chi connectivity index (χ1) is 4.30. The minimum Gasteiger partial charge on any atom is -0.332 e. The van der Waals surface area contributed by atoms with E-state index in [-0.39, 0.29) is 104 Å². The molecule has 12 heavy (non-hydrogen) atoms. The van der Waals surface area contributed by atoms with Crippen LogP contribution in [0.4, 0.5) is 0 Å². The Bertz CT molecular complexity index is 211. The van der Waals surface area contributed by atoms with Crippen molar-refractivity contribution in [3.63, 3.8) is 0 Å². The molecule has 0 unspecified atom stereocenters. The number of hydrogen-bond donors (Lipinski definition) is 0. The van der Waals surface area contributed by atoms with Crippen LogP contribution in [0.15, 0.2) is 30.3 Å². The Morgan fingerprint density at radius 1 is 1.00 bits per heavy atom. The molecular weight excluding hydrogens is 379 g/mol. The van der Waals surface area contributed by atoms with E-state index in [1.54, 1.807) is 12.1 Å². The maximum Gasteiger partial charge on any atom is 0.0215 e. The van der Waals surface area contributed by atoms with E-state index in [4.69, 9.17) is 0 Å². The molecular formula is C8H7OY3-. The van der Waals surface area contributed by atoms with E-state index in [0.717, 1.165) is 0 Å². The van der Waals surface area contributed by atoms with Gasteiger partial charge < -0.3 is 4.79 Å². The molecule has 0 aliphatic rings. The maximum absolute atomic E-state index is 10.5. The van der Waals surface area contributed by atoms with Gasteiger partial charge in [0.15, 0.2) is 0 Å². The SMILES string of the molecule is [CH2-]C(=O)c1ccccc1.[Y].[Y].[Y]. The first-order valence-corrected chi connectivity index (χ1v) is 2.72. The van der Waals surface area contributed by atoms with Crippen LogP contribution in [-0.2, 0) is 98.1 Å². The number of carbonyl (C=O) groups is 1. The molecule has 1 nitrogen and oxygen atoms in total. The molecule has 0 amide bonds. The molecule has 0 N–H and O–H groups in total. The third-order valence-corrected chi connectivity index (χ3v) is 1.10. The van der Waals surface area contributed by atoms with Crippen LogP contribution < -0.4 is 0 Å². The zero-order valence-corrected chi connectivity index (χ0v) is 15.2. The van der Waals surface area contributed by atoms with Crippen molar-refractivity contribution in [3.05, 3.63) is 42.8 Å². The molecule has 0 bridgehead atoms. The number of hydrogen-bond acceptors (Lipinski definition) is 1. The minimum atomic E-state index is -0.129. The predicted octanol–water partition coefficient (Wildman–Crippen LogP) is 1.70. The molecule has 0 saturated heterocycles. The van der Waals surface area contributed by atoms with Crippen molar-refractivity contribution in [2.24, 2.45) is 0 Å². The smallest absolute Gasteiger partial charge is 0.0215 e. The molecule has 0 spiro atoms. The molecule has 4 heteroatoms. The number of ketones is 1. The standard InChI is InChI=1S/C8H7O.3Y/c1-7(9)8-5-3-2-4-6-8;;;/h2-6H,1H2;;;/q-1;;;. The van der Waals surface area contributed by atoms with Crippen LogP contribution in [0.5, 0.6) is 0 Å². The second kappa shape index (κ2) is 11.1. The Labute approximate surface area is 148 Å². The maximum atomic E-state index is 10.5. The molecule has 55 valence electrons. The van der Waals surface area contributed by atoms with Gasteiger partial charge in [-0.3, -0.25) is 0 Å². The molecule has 1 aromatic carbocycles. The summed E-state index contributed by atoms with van der Waals surface area (Å²) in [5, 5.41) is 0. The number of carbonyl (C=O) groups excluding carboxylic acids is 1. The van der Waals surface area contributed by atoms with E-state index in [0.29, 0.717) is 5.56 Å². The summed E-state index contributed by atoms with van der Waals surface area (Å²) in [5.41, 5.74) is 0.664. The molecule has 0 fully saturated rings. The average Bonchev–Trinajstić information content (AvgIpc) is 1.90. The number of benzene rings is 1. The van der Waals surface area contributed by atoms with Crippen LogP contribution in [-0.4, -0.2) is 5.78 Å². The van der Waals surface area contributed by atoms with Crippen molar-refractivity contribution < 1.29 is 103 Å². The van der Waals surface area contributed by atoms with Crippen LogP contribution in [0.25, 0.3) is 0 Å². The van der Waals surface area contributed by atoms with Gasteiger partial charge in [-0.2, -0.15) is 6.92 Å². The fraction of sp³-hybridized carbons (Fsp3) is 0. The summed E-state index contributed by atoms with van der Waals surface area (Å²) in [6, 6.07) is 8.99. The minimum absolute atomic E-state index is 0. The van der Waals surface area contributed by atoms with Crippen molar-refractivity contribution in [3.8, 4) is 0 Å². The Balaban J connectivity index is -0.000000270. The molecule has 0 aromatic heterocycles. The third kappa shape index (κ3) is 7.47. The van der Waals surface area contributed by atoms with Gasteiger partial charge in [0.05, 0.1) is 0 Å². The molecule has 0 heterocycles. The van der Waals surface area contributed by atoms with Crippen LogP contribution >= 0.6 is 0 Å². The van der Waals surface area contributed by atoms with E-state index >= 15 is 0 Å². The number of rotatable bonds is 1. The van der Waals surface area contributed by atoms with E-state index in [1.807, 2.05) is 18.2 Å². The monoisotopic (exact) mass is 386 g/mol. The Morgan fingerprint density at radius 3 is 1.67 bits per heavy atom. The van der Waals surface area contributed by atoms with Gasteiger partial charge in [0.2, 0.25) is 0 Å². The van der Waals surface area contributed by atoms with Crippen molar-refractivity contribution in [2.75, 3.05) is 0 Å². The van der Waals surface area contributed by atoms with E-state index in [2.05, 4.69) is 6.92 Å². The van der Waals surface area contributed by atoms with Crippen molar-refractivity contribution >= 4 is 5.78 Å². The van der Waals surface area contributed by atoms with Crippen molar-refractivity contribution in [1.29, 1.82) is 0 Å². The van der Waals surface area contributed by atoms with Gasteiger partial charge in [0.1, 0.15) is 0 Å². The molecule has 1 aromatic rings. The summed E-state index contributed by atoms with van der Waals surface area (Å²) < 4.78 is 0. The van der Waals surface area contributed by atoms with Crippen LogP contribution in [0.2, 0.25) is 0 Å². The summed E-state index contributed by atoms with van der Waals surface area (Å²) in [6.45, 7) is 3.27. The molecule has 0 saturated carbocycles. The first kappa shape index (κ1) is 19.6. The summed E-state index contributed by atoms with van der Waals surface area (Å²) in [7, 11) is 0. The molecule has 0 aliphatic heterocycles. The topological polar surface area (TPSA) is 17.1 Å². The second-order valence-corrected chi connectivity index (χ2v) is 1.79. The summed E-state index contributed by atoms with van der Waals surface area (Å²) in [4.78, 5) is 10.5. The van der Waals surface area contributed by atoms with Gasteiger partial charge in [0.25, 0.3) is 0 Å². The van der Waals surface area contributed by atoms with Gasteiger partial charge in [-0.1, -0.05) is 18.2 Å². The molecule has 0 atom stereocenters. The predicted molar refractivity (Wildman–Crippen MR) is 36.1 cm³/mol. The Hall–Kier alpha value is 2.07. The quantitative estimate of drug-likeness (QED) is 0.531.